The Bertz CT molecular complexity index is 949. The molecule has 9 heteroatoms. The van der Waals surface area contributed by atoms with Crippen molar-refractivity contribution in [2.75, 3.05) is 18.1 Å². The molecule has 2 heterocycles. The minimum Gasteiger partial charge on any atom is -0.465 e. The lowest BCUT2D eigenvalue weighted by atomic mass is 10.2. The van der Waals surface area contributed by atoms with Gasteiger partial charge in [0.2, 0.25) is 0 Å². The molecule has 0 saturated heterocycles. The summed E-state index contributed by atoms with van der Waals surface area (Å²) >= 11 is 1.06. The first-order valence-electron chi connectivity index (χ1n) is 8.05. The maximum Gasteiger partial charge on any atom is 0.326 e. The maximum absolute atomic E-state index is 14.2. The Balaban J connectivity index is 1.92. The van der Waals surface area contributed by atoms with E-state index in [1.807, 2.05) is 0 Å². The van der Waals surface area contributed by atoms with Gasteiger partial charge in [-0.3, -0.25) is 14.5 Å². The van der Waals surface area contributed by atoms with Gasteiger partial charge >= 0.3 is 5.97 Å². The van der Waals surface area contributed by atoms with Crippen LogP contribution in [0.1, 0.15) is 16.6 Å². The summed E-state index contributed by atoms with van der Waals surface area (Å²) in [4.78, 5) is 38.5. The third kappa shape index (κ3) is 4.32. The van der Waals surface area contributed by atoms with Crippen LogP contribution in [0.3, 0.4) is 0 Å². The molecule has 0 N–H and O–H groups in total. The molecule has 0 unspecified atom stereocenters. The molecule has 0 aliphatic heterocycles. The first kappa shape index (κ1) is 18.6. The van der Waals surface area contributed by atoms with E-state index in [4.69, 9.17) is 4.74 Å². The number of anilines is 1. The minimum absolute atomic E-state index is 0.0125. The van der Waals surface area contributed by atoms with Crippen molar-refractivity contribution >= 4 is 28.9 Å². The number of para-hydroxylation sites is 1. The third-order valence-electron chi connectivity index (χ3n) is 3.45. The van der Waals surface area contributed by atoms with Gasteiger partial charge in [-0.1, -0.05) is 12.1 Å². The summed E-state index contributed by atoms with van der Waals surface area (Å²) in [6.45, 7) is 1.40. The molecule has 0 radical (unpaired) electrons. The molecule has 1 aromatic carbocycles. The highest BCUT2D eigenvalue weighted by molar-refractivity contribution is 7.17. The molecule has 0 spiro atoms. The second-order valence-electron chi connectivity index (χ2n) is 5.25. The molecule has 3 rings (SSSR count). The fraction of sp³-hybridized carbons (Fsp3) is 0.167. The number of carbonyl (C=O) groups is 2. The van der Waals surface area contributed by atoms with E-state index in [9.17, 15) is 14.0 Å². The van der Waals surface area contributed by atoms with Gasteiger partial charge in [0, 0.05) is 12.4 Å². The fourth-order valence-electron chi connectivity index (χ4n) is 2.29. The second-order valence-corrected chi connectivity index (χ2v) is 6.28. The van der Waals surface area contributed by atoms with Crippen molar-refractivity contribution in [1.29, 1.82) is 0 Å². The van der Waals surface area contributed by atoms with Crippen LogP contribution in [0, 0.1) is 5.82 Å². The summed E-state index contributed by atoms with van der Waals surface area (Å²) in [7, 11) is 0. The van der Waals surface area contributed by atoms with Crippen LogP contribution in [-0.2, 0) is 9.53 Å². The number of amides is 1. The lowest BCUT2D eigenvalue weighted by Crippen LogP contribution is -2.36. The standard InChI is InChI=1S/C18H15FN4O3S/c1-2-26-15(24)11-23(13-7-4-3-6-12(13)19)18(25)14-10-22-17(27-14)16-20-8-5-9-21-16/h3-10H,2,11H2,1H3. The van der Waals surface area contributed by atoms with Crippen molar-refractivity contribution in [2.45, 2.75) is 6.92 Å². The van der Waals surface area contributed by atoms with Gasteiger partial charge in [-0.15, -0.1) is 11.3 Å². The molecule has 27 heavy (non-hydrogen) atoms. The zero-order chi connectivity index (χ0) is 19.2. The van der Waals surface area contributed by atoms with E-state index in [0.717, 1.165) is 16.2 Å². The van der Waals surface area contributed by atoms with E-state index < -0.39 is 24.2 Å². The SMILES string of the molecule is CCOC(=O)CN(C(=O)c1cnc(-c2ncccn2)s1)c1ccccc1F. The van der Waals surface area contributed by atoms with Crippen LogP contribution in [0.5, 0.6) is 0 Å². The number of halogens is 1. The molecule has 1 amide bonds. The summed E-state index contributed by atoms with van der Waals surface area (Å²) in [6.07, 6.45) is 4.49. The van der Waals surface area contributed by atoms with Crippen LogP contribution in [0.2, 0.25) is 0 Å². The van der Waals surface area contributed by atoms with Gasteiger partial charge < -0.3 is 4.74 Å². The van der Waals surface area contributed by atoms with Gasteiger partial charge in [0.05, 0.1) is 18.5 Å². The molecule has 0 bridgehead atoms. The van der Waals surface area contributed by atoms with Crippen molar-refractivity contribution in [3.63, 3.8) is 0 Å². The molecule has 0 aliphatic carbocycles. The van der Waals surface area contributed by atoms with E-state index in [2.05, 4.69) is 15.0 Å². The number of aromatic nitrogens is 3. The van der Waals surface area contributed by atoms with E-state index in [0.29, 0.717) is 10.8 Å². The van der Waals surface area contributed by atoms with Crippen molar-refractivity contribution in [2.24, 2.45) is 0 Å². The number of hydrogen-bond acceptors (Lipinski definition) is 7. The summed E-state index contributed by atoms with van der Waals surface area (Å²) in [5.41, 5.74) is -0.0125. The van der Waals surface area contributed by atoms with Gasteiger partial charge in [0.15, 0.2) is 10.8 Å². The molecular weight excluding hydrogens is 371 g/mol. The summed E-state index contributed by atoms with van der Waals surface area (Å²) in [5, 5.41) is 0.448. The Morgan fingerprint density at radius 3 is 2.59 bits per heavy atom. The Hall–Kier alpha value is -3.20. The molecule has 2 aromatic heterocycles. The van der Waals surface area contributed by atoms with Crippen molar-refractivity contribution in [1.82, 2.24) is 15.0 Å². The zero-order valence-corrected chi connectivity index (χ0v) is 15.1. The van der Waals surface area contributed by atoms with Crippen LogP contribution in [0.4, 0.5) is 10.1 Å². The van der Waals surface area contributed by atoms with E-state index in [-0.39, 0.29) is 17.2 Å². The Kier molecular flexibility index (Phi) is 5.82. The Morgan fingerprint density at radius 1 is 1.15 bits per heavy atom. The Labute approximate surface area is 158 Å². The molecule has 138 valence electrons. The number of esters is 1. The lowest BCUT2D eigenvalue weighted by Gasteiger charge is -2.21. The van der Waals surface area contributed by atoms with Crippen molar-refractivity contribution in [3.8, 4) is 10.8 Å². The monoisotopic (exact) mass is 386 g/mol. The van der Waals surface area contributed by atoms with Crippen LogP contribution in [-0.4, -0.2) is 40.0 Å². The van der Waals surface area contributed by atoms with Gasteiger partial charge in [-0.2, -0.15) is 0 Å². The molecule has 0 aliphatic rings. The Morgan fingerprint density at radius 2 is 1.89 bits per heavy atom. The quantitative estimate of drug-likeness (QED) is 0.606. The van der Waals surface area contributed by atoms with Gasteiger partial charge in [0.1, 0.15) is 17.2 Å². The smallest absolute Gasteiger partial charge is 0.326 e. The molecular formula is C18H15FN4O3S. The van der Waals surface area contributed by atoms with E-state index in [1.165, 1.54) is 24.4 Å². The first-order valence-corrected chi connectivity index (χ1v) is 8.87. The highest BCUT2D eigenvalue weighted by Gasteiger charge is 2.25. The molecule has 7 nitrogen and oxygen atoms in total. The van der Waals surface area contributed by atoms with Gasteiger partial charge in [-0.05, 0) is 25.1 Å². The highest BCUT2D eigenvalue weighted by Crippen LogP contribution is 2.26. The summed E-state index contributed by atoms with van der Waals surface area (Å²) < 4.78 is 19.2. The zero-order valence-electron chi connectivity index (χ0n) is 14.3. The summed E-state index contributed by atoms with van der Waals surface area (Å²) in [6, 6.07) is 7.40. The first-order chi connectivity index (χ1) is 13.1. The van der Waals surface area contributed by atoms with Crippen LogP contribution < -0.4 is 4.90 Å². The van der Waals surface area contributed by atoms with Gasteiger partial charge in [-0.25, -0.2) is 19.3 Å². The van der Waals surface area contributed by atoms with Crippen LogP contribution in [0.15, 0.2) is 48.9 Å². The fourth-order valence-corrected chi connectivity index (χ4v) is 3.10. The number of carbonyl (C=O) groups excluding carboxylic acids is 2. The topological polar surface area (TPSA) is 85.3 Å². The van der Waals surface area contributed by atoms with Gasteiger partial charge in [0.25, 0.3) is 5.91 Å². The average molecular weight is 386 g/mol. The predicted octanol–water partition coefficient (Wildman–Crippen LogP) is 2.95. The molecule has 0 fully saturated rings. The number of hydrogen-bond donors (Lipinski definition) is 0. The number of thiazole rings is 1. The number of nitrogens with zero attached hydrogens (tertiary/aromatic N) is 4. The van der Waals surface area contributed by atoms with E-state index >= 15 is 0 Å². The predicted molar refractivity (Wildman–Crippen MR) is 97.8 cm³/mol. The molecule has 0 saturated carbocycles. The molecule has 3 aromatic rings. The lowest BCUT2D eigenvalue weighted by molar-refractivity contribution is -0.141. The second kappa shape index (κ2) is 8.45. The van der Waals surface area contributed by atoms with Crippen LogP contribution in [0.25, 0.3) is 10.8 Å². The summed E-state index contributed by atoms with van der Waals surface area (Å²) in [5.74, 6) is -1.44. The van der Waals surface area contributed by atoms with Crippen molar-refractivity contribution < 1.29 is 18.7 Å². The minimum atomic E-state index is -0.634. The van der Waals surface area contributed by atoms with Crippen molar-refractivity contribution in [3.05, 3.63) is 59.6 Å². The normalized spacial score (nSPS) is 10.4. The van der Waals surface area contributed by atoms with Crippen LogP contribution >= 0.6 is 11.3 Å². The number of ether oxygens (including phenoxy) is 1. The third-order valence-corrected chi connectivity index (χ3v) is 4.44. The number of rotatable bonds is 6. The molecule has 0 atom stereocenters. The van der Waals surface area contributed by atoms with E-state index in [1.54, 1.807) is 31.5 Å². The average Bonchev–Trinajstić information content (AvgIpc) is 3.17. The number of benzene rings is 1. The highest BCUT2D eigenvalue weighted by atomic mass is 32.1. The maximum atomic E-state index is 14.2. The largest absolute Gasteiger partial charge is 0.465 e.